The topological polar surface area (TPSA) is 78.9 Å². The van der Waals surface area contributed by atoms with E-state index in [4.69, 9.17) is 14.2 Å². The first-order chi connectivity index (χ1) is 27.0. The van der Waals surface area contributed by atoms with Gasteiger partial charge in [-0.25, -0.2) is 0 Å². The van der Waals surface area contributed by atoms with E-state index in [1.165, 1.54) is 77.0 Å². The molecule has 1 unspecified atom stereocenters. The van der Waals surface area contributed by atoms with Crippen LogP contribution in [0.15, 0.2) is 72.9 Å². The summed E-state index contributed by atoms with van der Waals surface area (Å²) in [5.74, 6) is -1.07. The average Bonchev–Trinajstić information content (AvgIpc) is 3.18. The molecule has 0 rings (SSSR count). The highest BCUT2D eigenvalue weighted by Gasteiger charge is 2.19. The molecule has 1 atom stereocenters. The van der Waals surface area contributed by atoms with Crippen LogP contribution in [0.25, 0.3) is 0 Å². The maximum Gasteiger partial charge on any atom is 0.309 e. The second-order valence-electron chi connectivity index (χ2n) is 14.7. The van der Waals surface area contributed by atoms with Crippen LogP contribution in [-0.2, 0) is 28.6 Å². The third kappa shape index (κ3) is 41.8. The third-order valence-electron chi connectivity index (χ3n) is 9.29. The van der Waals surface area contributed by atoms with Crippen molar-refractivity contribution in [1.29, 1.82) is 0 Å². The lowest BCUT2D eigenvalue weighted by molar-refractivity contribution is -0.166. The van der Waals surface area contributed by atoms with Gasteiger partial charge in [0.05, 0.1) is 6.42 Å². The van der Waals surface area contributed by atoms with Crippen molar-refractivity contribution < 1.29 is 28.6 Å². The Bertz CT molecular complexity index is 1070. The molecule has 0 saturated heterocycles. The summed E-state index contributed by atoms with van der Waals surface area (Å²) in [6, 6.07) is 0. The summed E-state index contributed by atoms with van der Waals surface area (Å²) in [5, 5.41) is 0. The van der Waals surface area contributed by atoms with Gasteiger partial charge >= 0.3 is 17.9 Å². The van der Waals surface area contributed by atoms with Crippen LogP contribution in [0.2, 0.25) is 0 Å². The van der Waals surface area contributed by atoms with Crippen molar-refractivity contribution in [2.45, 2.75) is 207 Å². The van der Waals surface area contributed by atoms with Gasteiger partial charge in [0.1, 0.15) is 13.2 Å². The second-order valence-corrected chi connectivity index (χ2v) is 14.7. The molecule has 6 heteroatoms. The normalized spacial score (nSPS) is 12.7. The molecule has 0 aliphatic rings. The molecular formula is C49H82O6. The van der Waals surface area contributed by atoms with Crippen molar-refractivity contribution in [3.63, 3.8) is 0 Å². The van der Waals surface area contributed by atoms with Crippen LogP contribution in [0.1, 0.15) is 201 Å². The highest BCUT2D eigenvalue weighted by molar-refractivity contribution is 5.72. The largest absolute Gasteiger partial charge is 0.462 e. The van der Waals surface area contributed by atoms with Gasteiger partial charge in [-0.2, -0.15) is 0 Å². The van der Waals surface area contributed by atoms with Gasteiger partial charge in [-0.1, -0.05) is 196 Å². The van der Waals surface area contributed by atoms with Crippen LogP contribution in [0.5, 0.6) is 0 Å². The molecule has 0 aromatic heterocycles. The number of allylic oxidation sites excluding steroid dienone is 11. The van der Waals surface area contributed by atoms with E-state index in [1.54, 1.807) is 6.08 Å². The number of rotatable bonds is 39. The monoisotopic (exact) mass is 767 g/mol. The Hall–Kier alpha value is -3.15. The van der Waals surface area contributed by atoms with Crippen LogP contribution in [-0.4, -0.2) is 37.2 Å². The molecule has 314 valence electrons. The Morgan fingerprint density at radius 1 is 0.418 bits per heavy atom. The van der Waals surface area contributed by atoms with Crippen molar-refractivity contribution in [2.75, 3.05) is 13.2 Å². The highest BCUT2D eigenvalue weighted by Crippen LogP contribution is 2.13. The maximum absolute atomic E-state index is 12.7. The summed E-state index contributed by atoms with van der Waals surface area (Å²) in [5.41, 5.74) is 0. The van der Waals surface area contributed by atoms with Crippen LogP contribution in [0.3, 0.4) is 0 Å². The predicted molar refractivity (Wildman–Crippen MR) is 233 cm³/mol. The smallest absolute Gasteiger partial charge is 0.309 e. The lowest BCUT2D eigenvalue weighted by Gasteiger charge is -2.18. The third-order valence-corrected chi connectivity index (χ3v) is 9.29. The van der Waals surface area contributed by atoms with Gasteiger partial charge in [0.25, 0.3) is 0 Å². The van der Waals surface area contributed by atoms with E-state index in [2.05, 4.69) is 81.5 Å². The lowest BCUT2D eigenvalue weighted by Crippen LogP contribution is -2.30. The minimum atomic E-state index is -0.814. The molecule has 0 aromatic carbocycles. The molecule has 0 fully saturated rings. The fraction of sp³-hybridized carbons (Fsp3) is 0.694. The van der Waals surface area contributed by atoms with Gasteiger partial charge in [0.15, 0.2) is 6.10 Å². The zero-order valence-corrected chi connectivity index (χ0v) is 35.7. The molecule has 0 heterocycles. The molecule has 0 aliphatic carbocycles. The molecule has 0 spiro atoms. The number of unbranched alkanes of at least 4 members (excludes halogenated alkanes) is 19. The summed E-state index contributed by atoms with van der Waals surface area (Å²) < 4.78 is 16.5. The van der Waals surface area contributed by atoms with E-state index in [1.807, 2.05) is 6.08 Å². The number of carbonyl (C=O) groups excluding carboxylic acids is 3. The van der Waals surface area contributed by atoms with Crippen molar-refractivity contribution in [3.8, 4) is 0 Å². The molecule has 55 heavy (non-hydrogen) atoms. The van der Waals surface area contributed by atoms with Crippen LogP contribution < -0.4 is 0 Å². The van der Waals surface area contributed by atoms with E-state index in [0.717, 1.165) is 83.5 Å². The minimum Gasteiger partial charge on any atom is -0.462 e. The summed E-state index contributed by atoms with van der Waals surface area (Å²) in [4.78, 5) is 37.5. The molecule has 0 aliphatic heterocycles. The Kier molecular flexibility index (Phi) is 41.1. The Morgan fingerprint density at radius 2 is 0.836 bits per heavy atom. The van der Waals surface area contributed by atoms with Gasteiger partial charge in [0, 0.05) is 12.8 Å². The van der Waals surface area contributed by atoms with Gasteiger partial charge in [-0.15, -0.1) is 0 Å². The lowest BCUT2D eigenvalue weighted by atomic mass is 10.1. The second kappa shape index (κ2) is 43.6. The standard InChI is InChI=1S/C49H82O6/c1-4-7-10-13-16-19-21-22-23-24-25-26-27-28-31-33-36-39-42-48(51)54-45-46(44-53-47(50)41-38-35-32-29-18-15-12-9-6-3)55-49(52)43-40-37-34-30-20-17-14-11-8-5-2/h9,12,18,21-26,29,35,38,46H,4-8,10-11,13-17,19-20,27-28,30-34,36-37,39-45H2,1-3H3/b12-9-,22-21-,24-23-,26-25-,29-18-,38-35-. The Morgan fingerprint density at radius 3 is 1.35 bits per heavy atom. The number of hydrogen-bond acceptors (Lipinski definition) is 6. The summed E-state index contributed by atoms with van der Waals surface area (Å²) >= 11 is 0. The molecule has 0 N–H and O–H groups in total. The van der Waals surface area contributed by atoms with Crippen LogP contribution >= 0.6 is 0 Å². The van der Waals surface area contributed by atoms with E-state index >= 15 is 0 Å². The minimum absolute atomic E-state index is 0.112. The highest BCUT2D eigenvalue weighted by atomic mass is 16.6. The van der Waals surface area contributed by atoms with Crippen molar-refractivity contribution in [3.05, 3.63) is 72.9 Å². The summed E-state index contributed by atoms with van der Waals surface area (Å²) in [6.07, 6.45) is 53.5. The number of carbonyl (C=O) groups is 3. The van der Waals surface area contributed by atoms with Crippen molar-refractivity contribution in [2.24, 2.45) is 0 Å². The SMILES string of the molecule is CC/C=C\C/C=C\C/C=C\CC(=O)OCC(COC(=O)CCCCCCC\C=C/C=C\C=C/CCCCCCC)OC(=O)CCCCCCCCCCCC. The van der Waals surface area contributed by atoms with E-state index in [0.29, 0.717) is 12.8 Å². The molecule has 0 bridgehead atoms. The van der Waals surface area contributed by atoms with E-state index in [-0.39, 0.29) is 31.6 Å². The first kappa shape index (κ1) is 51.9. The summed E-state index contributed by atoms with van der Waals surface area (Å²) in [6.45, 7) is 6.35. The predicted octanol–water partition coefficient (Wildman–Crippen LogP) is 14.3. The van der Waals surface area contributed by atoms with Gasteiger partial charge in [0.2, 0.25) is 0 Å². The number of hydrogen-bond donors (Lipinski definition) is 0. The maximum atomic E-state index is 12.7. The van der Waals surface area contributed by atoms with Gasteiger partial charge in [-0.3, -0.25) is 14.4 Å². The molecule has 6 nitrogen and oxygen atoms in total. The zero-order valence-electron chi connectivity index (χ0n) is 35.7. The number of ether oxygens (including phenoxy) is 3. The Labute approximate surface area is 338 Å². The molecule has 0 radical (unpaired) electrons. The van der Waals surface area contributed by atoms with Gasteiger partial charge < -0.3 is 14.2 Å². The van der Waals surface area contributed by atoms with E-state index in [9.17, 15) is 14.4 Å². The van der Waals surface area contributed by atoms with Gasteiger partial charge in [-0.05, 0) is 57.8 Å². The molecule has 0 saturated carbocycles. The zero-order chi connectivity index (χ0) is 40.1. The fourth-order valence-electron chi connectivity index (χ4n) is 5.91. The first-order valence-electron chi connectivity index (χ1n) is 22.5. The quantitative estimate of drug-likeness (QED) is 0.0204. The van der Waals surface area contributed by atoms with Crippen LogP contribution in [0, 0.1) is 0 Å². The van der Waals surface area contributed by atoms with E-state index < -0.39 is 12.1 Å². The molecule has 0 aromatic rings. The Balaban J connectivity index is 4.42. The molecule has 0 amide bonds. The van der Waals surface area contributed by atoms with Crippen molar-refractivity contribution >= 4 is 17.9 Å². The molecular weight excluding hydrogens is 685 g/mol. The first-order valence-corrected chi connectivity index (χ1v) is 22.5. The number of esters is 3. The fourth-order valence-corrected chi connectivity index (χ4v) is 5.91. The van der Waals surface area contributed by atoms with Crippen molar-refractivity contribution in [1.82, 2.24) is 0 Å². The summed E-state index contributed by atoms with van der Waals surface area (Å²) in [7, 11) is 0. The average molecular weight is 767 g/mol. The van der Waals surface area contributed by atoms with Crippen LogP contribution in [0.4, 0.5) is 0 Å².